The quantitative estimate of drug-likeness (QED) is 0.146. The van der Waals surface area contributed by atoms with Crippen LogP contribution in [0.4, 0.5) is 5.69 Å². The summed E-state index contributed by atoms with van der Waals surface area (Å²) in [6.07, 6.45) is 0. The van der Waals surface area contributed by atoms with Crippen molar-refractivity contribution in [3.05, 3.63) is 206 Å². The highest BCUT2D eigenvalue weighted by Gasteiger charge is 2.15. The predicted octanol–water partition coefficient (Wildman–Crippen LogP) is 12.5. The Morgan fingerprint density at radius 1 is 0.268 bits per heavy atom. The molecule has 0 fully saturated rings. The number of hydrogen-bond acceptors (Lipinski definition) is 5. The molecule has 9 aromatic rings. The summed E-state index contributed by atoms with van der Waals surface area (Å²) in [4.78, 5) is 28.3. The molecule has 262 valence electrons. The van der Waals surface area contributed by atoms with Gasteiger partial charge in [0.05, 0.1) is 18.0 Å². The van der Waals surface area contributed by atoms with E-state index in [2.05, 4.69) is 95.8 Å². The summed E-state index contributed by atoms with van der Waals surface area (Å²) >= 11 is 0. The van der Waals surface area contributed by atoms with E-state index in [1.54, 1.807) is 12.1 Å². The molecule has 7 aromatic carbocycles. The molecule has 0 aliphatic rings. The second kappa shape index (κ2) is 15.2. The van der Waals surface area contributed by atoms with Crippen LogP contribution < -0.4 is 0 Å². The van der Waals surface area contributed by atoms with Crippen molar-refractivity contribution in [2.24, 2.45) is 0 Å². The topological polar surface area (TPSA) is 68.8 Å². The fourth-order valence-electron chi connectivity index (χ4n) is 6.63. The Morgan fingerprint density at radius 3 is 1.11 bits per heavy atom. The summed E-state index contributed by atoms with van der Waals surface area (Å²) in [5, 5.41) is 0. The Morgan fingerprint density at radius 2 is 0.607 bits per heavy atom. The van der Waals surface area contributed by atoms with E-state index in [1.165, 1.54) is 5.56 Å². The lowest BCUT2D eigenvalue weighted by Gasteiger charge is -2.11. The van der Waals surface area contributed by atoms with Gasteiger partial charge in [0.25, 0.3) is 0 Å². The lowest BCUT2D eigenvalue weighted by molar-refractivity contribution is 1.07. The molecule has 0 spiro atoms. The zero-order chi connectivity index (χ0) is 37.7. The van der Waals surface area contributed by atoms with Crippen molar-refractivity contribution in [1.29, 1.82) is 0 Å². The van der Waals surface area contributed by atoms with Crippen molar-refractivity contribution in [3.8, 4) is 90.3 Å². The minimum absolute atomic E-state index is 0.548. The summed E-state index contributed by atoms with van der Waals surface area (Å²) in [6, 6.07) is 65.1. The second-order valence-corrected chi connectivity index (χ2v) is 13.3. The van der Waals surface area contributed by atoms with Crippen molar-refractivity contribution in [2.45, 2.75) is 0 Å². The Hall–Kier alpha value is -7.88. The third-order valence-electron chi connectivity index (χ3n) is 9.60. The Bertz CT molecular complexity index is 2820. The molecule has 2 heterocycles. The van der Waals surface area contributed by atoms with E-state index in [-0.39, 0.29) is 0 Å². The maximum absolute atomic E-state index is 7.35. The Balaban J connectivity index is 1.06. The van der Waals surface area contributed by atoms with Crippen LogP contribution in [-0.2, 0) is 0 Å². The lowest BCUT2D eigenvalue weighted by atomic mass is 9.99. The highest BCUT2D eigenvalue weighted by Crippen LogP contribution is 2.32. The van der Waals surface area contributed by atoms with Gasteiger partial charge < -0.3 is 0 Å². The molecule has 0 saturated heterocycles. The van der Waals surface area contributed by atoms with Crippen LogP contribution in [0.3, 0.4) is 0 Å². The minimum atomic E-state index is 0.548. The molecule has 0 N–H and O–H groups in total. The molecule has 0 aliphatic heterocycles. The Kier molecular flexibility index (Phi) is 9.23. The molecule has 0 unspecified atom stereocenters. The first kappa shape index (κ1) is 33.9. The van der Waals surface area contributed by atoms with Crippen LogP contribution >= 0.6 is 0 Å². The molecule has 0 saturated carbocycles. The van der Waals surface area contributed by atoms with E-state index < -0.39 is 0 Å². The third-order valence-corrected chi connectivity index (χ3v) is 9.60. The van der Waals surface area contributed by atoms with Crippen molar-refractivity contribution in [3.63, 3.8) is 0 Å². The molecule has 0 atom stereocenters. The van der Waals surface area contributed by atoms with Gasteiger partial charge >= 0.3 is 0 Å². The van der Waals surface area contributed by atoms with Crippen LogP contribution in [0.2, 0.25) is 0 Å². The summed E-state index contributed by atoms with van der Waals surface area (Å²) in [7, 11) is 0. The van der Waals surface area contributed by atoms with E-state index in [9.17, 15) is 0 Å². The molecule has 6 heteroatoms. The monoisotopic (exact) mass is 716 g/mol. The van der Waals surface area contributed by atoms with Gasteiger partial charge in [0.2, 0.25) is 0 Å². The average Bonchev–Trinajstić information content (AvgIpc) is 3.30. The molecular formula is C50H32N6. The fraction of sp³-hybridized carbons (Fsp3) is 0. The van der Waals surface area contributed by atoms with Crippen LogP contribution in [-0.4, -0.2) is 24.9 Å². The molecule has 2 aromatic heterocycles. The number of benzene rings is 7. The van der Waals surface area contributed by atoms with Gasteiger partial charge in [-0.05, 0) is 34.4 Å². The lowest BCUT2D eigenvalue weighted by Crippen LogP contribution is -2.00. The van der Waals surface area contributed by atoms with Crippen LogP contribution in [0, 0.1) is 6.57 Å². The van der Waals surface area contributed by atoms with Crippen LogP contribution in [0.1, 0.15) is 0 Å². The van der Waals surface area contributed by atoms with Crippen LogP contribution in [0.25, 0.3) is 95.2 Å². The van der Waals surface area contributed by atoms with Crippen LogP contribution in [0.15, 0.2) is 194 Å². The van der Waals surface area contributed by atoms with Gasteiger partial charge in [0, 0.05) is 33.4 Å². The molecule has 6 nitrogen and oxygen atoms in total. The number of nitrogens with zero attached hydrogens (tertiary/aromatic N) is 6. The molecule has 0 bridgehead atoms. The molecule has 9 rings (SSSR count). The van der Waals surface area contributed by atoms with E-state index in [0.29, 0.717) is 29.0 Å². The minimum Gasteiger partial charge on any atom is -0.238 e. The highest BCUT2D eigenvalue weighted by molar-refractivity contribution is 5.77. The smallest absolute Gasteiger partial charge is 0.187 e. The number of hydrogen-bond donors (Lipinski definition) is 0. The van der Waals surface area contributed by atoms with E-state index in [4.69, 9.17) is 31.5 Å². The normalized spacial score (nSPS) is 10.8. The molecule has 56 heavy (non-hydrogen) atoms. The van der Waals surface area contributed by atoms with Gasteiger partial charge in [0.15, 0.2) is 29.0 Å². The zero-order valence-electron chi connectivity index (χ0n) is 30.2. The summed E-state index contributed by atoms with van der Waals surface area (Å²) < 4.78 is 0. The second-order valence-electron chi connectivity index (χ2n) is 13.3. The largest absolute Gasteiger partial charge is 0.238 e. The highest BCUT2D eigenvalue weighted by atomic mass is 15.0. The van der Waals surface area contributed by atoms with E-state index >= 15 is 0 Å². The van der Waals surface area contributed by atoms with Crippen LogP contribution in [0.5, 0.6) is 0 Å². The zero-order valence-corrected chi connectivity index (χ0v) is 30.2. The molecule has 0 amide bonds. The van der Waals surface area contributed by atoms with Crippen molar-refractivity contribution >= 4 is 5.69 Å². The van der Waals surface area contributed by atoms with Crippen molar-refractivity contribution in [2.75, 3.05) is 0 Å². The molecule has 0 aliphatic carbocycles. The maximum atomic E-state index is 7.35. The average molecular weight is 717 g/mol. The van der Waals surface area contributed by atoms with Crippen molar-refractivity contribution < 1.29 is 0 Å². The van der Waals surface area contributed by atoms with Gasteiger partial charge in [0.1, 0.15) is 0 Å². The maximum Gasteiger partial charge on any atom is 0.187 e. The predicted molar refractivity (Wildman–Crippen MR) is 225 cm³/mol. The third kappa shape index (κ3) is 7.21. The molecular weight excluding hydrogens is 685 g/mol. The fourth-order valence-corrected chi connectivity index (χ4v) is 6.63. The van der Waals surface area contributed by atoms with Gasteiger partial charge in [-0.25, -0.2) is 29.8 Å². The van der Waals surface area contributed by atoms with Gasteiger partial charge in [-0.1, -0.05) is 182 Å². The summed E-state index contributed by atoms with van der Waals surface area (Å²) in [6.45, 7) is 7.35. The van der Waals surface area contributed by atoms with Gasteiger partial charge in [-0.3, -0.25) is 0 Å². The summed E-state index contributed by atoms with van der Waals surface area (Å²) in [5.74, 6) is 2.38. The first-order valence-electron chi connectivity index (χ1n) is 18.3. The molecule has 0 radical (unpaired) electrons. The Labute approximate surface area is 325 Å². The summed E-state index contributed by atoms with van der Waals surface area (Å²) in [5.41, 5.74) is 12.3. The van der Waals surface area contributed by atoms with E-state index in [0.717, 1.165) is 61.5 Å². The first-order valence-corrected chi connectivity index (χ1v) is 18.3. The first-order chi connectivity index (χ1) is 27.7. The number of aromatic nitrogens is 5. The van der Waals surface area contributed by atoms with Gasteiger partial charge in [-0.2, -0.15) is 0 Å². The van der Waals surface area contributed by atoms with E-state index in [1.807, 2.05) is 91.0 Å². The SMILES string of the molecule is [C-]#[N+]c1ccc(-c2nc(-c3ccccc3)nc(-c3cccc(-c4ccc(-c5cc(-c6ccc(-c7ccccc7)cc6)nc(-c6ccccc6)n5)cc4)c3)n2)cc1. The standard InChI is InChI=1S/C50H32N6/c1-51-44-30-28-41(29-31-44)49-54-48(40-16-9-4-10-17-40)55-50(56-49)43-19-11-18-42(32-43)36-22-26-38(27-23-36)46-33-45(52-47(53-46)39-14-7-3-8-15-39)37-24-20-35(21-25-37)34-12-5-2-6-13-34/h2-33H. The van der Waals surface area contributed by atoms with Gasteiger partial charge in [-0.15, -0.1) is 0 Å². The number of rotatable bonds is 8. The van der Waals surface area contributed by atoms with Crippen molar-refractivity contribution in [1.82, 2.24) is 24.9 Å².